The molecule has 3 N–H and O–H groups in total. The van der Waals surface area contributed by atoms with Crippen molar-refractivity contribution in [2.45, 2.75) is 6.42 Å². The molecule has 0 aliphatic carbocycles. The maximum Gasteiger partial charge on any atom is 0.233 e. The first-order chi connectivity index (χ1) is 8.20. The Morgan fingerprint density at radius 1 is 1.59 bits per heavy atom. The van der Waals surface area contributed by atoms with Gasteiger partial charge in [0.15, 0.2) is 5.84 Å². The third kappa shape index (κ3) is 3.76. The van der Waals surface area contributed by atoms with Crippen molar-refractivity contribution in [3.8, 4) is 5.88 Å². The summed E-state index contributed by atoms with van der Waals surface area (Å²) in [6.07, 6.45) is 2.20. The molecule has 1 aromatic heterocycles. The van der Waals surface area contributed by atoms with E-state index in [1.807, 2.05) is 0 Å². The minimum atomic E-state index is -0.0841. The average molecular weight is 260 g/mol. The van der Waals surface area contributed by atoms with Gasteiger partial charge in [-0.3, -0.25) is 0 Å². The van der Waals surface area contributed by atoms with Crippen molar-refractivity contribution in [3.63, 3.8) is 0 Å². The first kappa shape index (κ1) is 13.5. The number of amidine groups is 1. The number of pyridine rings is 1. The molecular weight excluding hydrogens is 246 g/mol. The van der Waals surface area contributed by atoms with Gasteiger partial charge in [-0.2, -0.15) is 0 Å². The molecule has 0 saturated heterocycles. The molecule has 0 atom stereocenters. The van der Waals surface area contributed by atoms with E-state index in [1.54, 1.807) is 13.2 Å². The number of nitrogens with zero attached hydrogens (tertiary/aromatic N) is 2. The van der Waals surface area contributed by atoms with Crippen LogP contribution in [0, 0.1) is 0 Å². The number of nitrogens with two attached hydrogens (primary N) is 1. The summed E-state index contributed by atoms with van der Waals surface area (Å²) in [5, 5.41) is 11.7. The fourth-order valence-electron chi connectivity index (χ4n) is 1.15. The fraction of sp³-hybridized carbons (Fsp3) is 0.400. The number of methoxy groups -OCH3 is 1. The molecule has 1 aromatic rings. The lowest BCUT2D eigenvalue weighted by atomic mass is 10.2. The van der Waals surface area contributed by atoms with Gasteiger partial charge in [0.1, 0.15) is 5.02 Å². The van der Waals surface area contributed by atoms with Gasteiger partial charge in [-0.15, -0.1) is 0 Å². The number of aromatic nitrogens is 1. The molecule has 0 unspecified atom stereocenters. The van der Waals surface area contributed by atoms with Crippen molar-refractivity contribution in [1.29, 1.82) is 0 Å². The van der Waals surface area contributed by atoms with Crippen LogP contribution in [0.1, 0.15) is 12.0 Å². The van der Waals surface area contributed by atoms with Gasteiger partial charge in [0.25, 0.3) is 0 Å². The first-order valence-corrected chi connectivity index (χ1v) is 5.32. The van der Waals surface area contributed by atoms with E-state index in [0.717, 1.165) is 6.42 Å². The Morgan fingerprint density at radius 3 is 3.00 bits per heavy atom. The number of hydrogen-bond acceptors (Lipinski definition) is 5. The second-order valence-electron chi connectivity index (χ2n) is 3.16. The Bertz CT molecular complexity index is 398. The summed E-state index contributed by atoms with van der Waals surface area (Å²) in [5.41, 5.74) is 5.83. The lowest BCUT2D eigenvalue weighted by Crippen LogP contribution is -2.14. The molecule has 0 aromatic carbocycles. The van der Waals surface area contributed by atoms with Crippen LogP contribution in [0.5, 0.6) is 5.88 Å². The number of oxime groups is 1. The third-order valence-electron chi connectivity index (χ3n) is 1.97. The molecule has 0 aliphatic heterocycles. The summed E-state index contributed by atoms with van der Waals surface area (Å²) in [4.78, 5) is 3.97. The number of rotatable bonds is 6. The summed E-state index contributed by atoms with van der Waals surface area (Å²) in [6, 6.07) is 1.54. The van der Waals surface area contributed by atoms with Crippen LogP contribution >= 0.6 is 11.6 Å². The summed E-state index contributed by atoms with van der Waals surface area (Å²) in [6.45, 7) is 1.03. The zero-order chi connectivity index (χ0) is 12.7. The van der Waals surface area contributed by atoms with E-state index in [2.05, 4.69) is 10.1 Å². The van der Waals surface area contributed by atoms with Crippen molar-refractivity contribution in [2.24, 2.45) is 10.9 Å². The highest BCUT2D eigenvalue weighted by Gasteiger charge is 2.11. The van der Waals surface area contributed by atoms with Crippen molar-refractivity contribution in [3.05, 3.63) is 22.8 Å². The Balaban J connectivity index is 2.73. The Hall–Kier alpha value is -1.53. The van der Waals surface area contributed by atoms with E-state index in [9.17, 15) is 0 Å². The van der Waals surface area contributed by atoms with Gasteiger partial charge in [-0.05, 0) is 6.07 Å². The fourth-order valence-corrected chi connectivity index (χ4v) is 1.41. The van der Waals surface area contributed by atoms with Crippen LogP contribution in [0.25, 0.3) is 0 Å². The average Bonchev–Trinajstić information content (AvgIpc) is 2.35. The van der Waals surface area contributed by atoms with Crippen molar-refractivity contribution < 1.29 is 14.7 Å². The van der Waals surface area contributed by atoms with Crippen LogP contribution in [-0.2, 0) is 4.74 Å². The first-order valence-electron chi connectivity index (χ1n) is 4.94. The zero-order valence-corrected chi connectivity index (χ0v) is 10.1. The molecule has 0 spiro atoms. The van der Waals surface area contributed by atoms with Crippen molar-refractivity contribution in [2.75, 3.05) is 20.3 Å². The maximum absolute atomic E-state index is 8.58. The molecule has 0 bridgehead atoms. The van der Waals surface area contributed by atoms with Crippen LogP contribution in [0.15, 0.2) is 17.4 Å². The van der Waals surface area contributed by atoms with Gasteiger partial charge < -0.3 is 20.4 Å². The van der Waals surface area contributed by atoms with E-state index in [1.165, 1.54) is 6.20 Å². The zero-order valence-electron chi connectivity index (χ0n) is 9.39. The van der Waals surface area contributed by atoms with E-state index >= 15 is 0 Å². The molecule has 1 rings (SSSR count). The summed E-state index contributed by atoms with van der Waals surface area (Å²) in [5.74, 6) is 0.172. The van der Waals surface area contributed by atoms with Crippen molar-refractivity contribution in [1.82, 2.24) is 4.98 Å². The van der Waals surface area contributed by atoms with Crippen LogP contribution < -0.4 is 10.5 Å². The number of halogens is 1. The molecule has 17 heavy (non-hydrogen) atoms. The van der Waals surface area contributed by atoms with Gasteiger partial charge in [0.05, 0.1) is 6.61 Å². The highest BCUT2D eigenvalue weighted by Crippen LogP contribution is 2.25. The minimum absolute atomic E-state index is 0.0841. The quantitative estimate of drug-likeness (QED) is 0.264. The second kappa shape index (κ2) is 6.93. The molecule has 7 heteroatoms. The van der Waals surface area contributed by atoms with E-state index in [4.69, 9.17) is 32.0 Å². The molecule has 0 fully saturated rings. The molecule has 6 nitrogen and oxygen atoms in total. The Labute approximate surface area is 104 Å². The Morgan fingerprint density at radius 2 is 2.35 bits per heavy atom. The summed E-state index contributed by atoms with van der Waals surface area (Å²) < 4.78 is 10.2. The predicted octanol–water partition coefficient (Wildman–Crippen LogP) is 1.24. The normalized spacial score (nSPS) is 11.5. The monoisotopic (exact) mass is 259 g/mol. The summed E-state index contributed by atoms with van der Waals surface area (Å²) in [7, 11) is 1.62. The number of hydrogen-bond donors (Lipinski definition) is 2. The smallest absolute Gasteiger partial charge is 0.233 e. The highest BCUT2D eigenvalue weighted by molar-refractivity contribution is 6.35. The standard InChI is InChI=1S/C10H14ClN3O3/c1-16-5-2-6-17-10-8(11)7(3-4-13-10)9(12)14-15/h3-4,15H,2,5-6H2,1H3,(H2,12,14). The van der Waals surface area contributed by atoms with E-state index in [0.29, 0.717) is 18.8 Å². The van der Waals surface area contributed by atoms with Crippen LogP contribution in [0.4, 0.5) is 0 Å². The van der Waals surface area contributed by atoms with E-state index < -0.39 is 0 Å². The van der Waals surface area contributed by atoms with Crippen LogP contribution in [0.2, 0.25) is 5.02 Å². The molecule has 94 valence electrons. The van der Waals surface area contributed by atoms with Gasteiger partial charge in [-0.25, -0.2) is 4.98 Å². The Kier molecular flexibility index (Phi) is 5.51. The highest BCUT2D eigenvalue weighted by atomic mass is 35.5. The maximum atomic E-state index is 8.58. The molecule has 0 saturated carbocycles. The largest absolute Gasteiger partial charge is 0.477 e. The predicted molar refractivity (Wildman–Crippen MR) is 63.7 cm³/mol. The lowest BCUT2D eigenvalue weighted by Gasteiger charge is -2.08. The lowest BCUT2D eigenvalue weighted by molar-refractivity contribution is 0.170. The summed E-state index contributed by atoms with van der Waals surface area (Å²) >= 11 is 6.00. The molecule has 0 amide bonds. The van der Waals surface area contributed by atoms with Gasteiger partial charge in [0, 0.05) is 31.9 Å². The molecule has 0 aliphatic rings. The van der Waals surface area contributed by atoms with Crippen LogP contribution in [0.3, 0.4) is 0 Å². The third-order valence-corrected chi connectivity index (χ3v) is 2.34. The molecule has 1 heterocycles. The molecular formula is C10H14ClN3O3. The topological polar surface area (TPSA) is 90.0 Å². The van der Waals surface area contributed by atoms with E-state index in [-0.39, 0.29) is 16.7 Å². The SMILES string of the molecule is COCCCOc1nccc(/C(N)=N/O)c1Cl. The van der Waals surface area contributed by atoms with Gasteiger partial charge >= 0.3 is 0 Å². The van der Waals surface area contributed by atoms with Gasteiger partial charge in [0.2, 0.25) is 5.88 Å². The van der Waals surface area contributed by atoms with Crippen molar-refractivity contribution >= 4 is 17.4 Å². The number of ether oxygens (including phenoxy) is 2. The van der Waals surface area contributed by atoms with Crippen LogP contribution in [-0.4, -0.2) is 36.4 Å². The second-order valence-corrected chi connectivity index (χ2v) is 3.54. The van der Waals surface area contributed by atoms with Gasteiger partial charge in [-0.1, -0.05) is 16.8 Å². The minimum Gasteiger partial charge on any atom is -0.477 e. The molecule has 0 radical (unpaired) electrons.